The van der Waals surface area contributed by atoms with Crippen molar-refractivity contribution >= 4 is 6.29 Å². The second-order valence-corrected chi connectivity index (χ2v) is 8.25. The number of furan rings is 1. The number of carbonyl (C=O) groups excluding carboxylic acids is 1. The number of carbonyl (C=O) groups is 1. The maximum absolute atomic E-state index is 10.9. The van der Waals surface area contributed by atoms with Crippen molar-refractivity contribution < 1.29 is 14.3 Å². The van der Waals surface area contributed by atoms with Gasteiger partial charge in [-0.05, 0) is 53.4 Å². The summed E-state index contributed by atoms with van der Waals surface area (Å²) in [6.45, 7) is 10.9. The standard InChI is InChI=1S/C21H26O3/c1-13-16(11-15(12-22)24-13)19(23)14-6-7-17-18(10-14)21(4,5)9-8-20(17,2)3/h6-7,10-12,19,23H,8-9H2,1-5H3. The van der Waals surface area contributed by atoms with E-state index in [0.29, 0.717) is 17.6 Å². The molecule has 128 valence electrons. The highest BCUT2D eigenvalue weighted by Gasteiger charge is 2.37. The Hall–Kier alpha value is -1.87. The molecule has 1 atom stereocenters. The fourth-order valence-corrected chi connectivity index (χ4v) is 3.81. The lowest BCUT2D eigenvalue weighted by atomic mass is 9.63. The van der Waals surface area contributed by atoms with E-state index in [1.165, 1.54) is 17.5 Å². The van der Waals surface area contributed by atoms with Crippen molar-refractivity contribution in [1.82, 2.24) is 0 Å². The minimum absolute atomic E-state index is 0.0972. The van der Waals surface area contributed by atoms with Crippen molar-refractivity contribution in [3.8, 4) is 0 Å². The molecule has 3 heteroatoms. The fourth-order valence-electron chi connectivity index (χ4n) is 3.81. The number of fused-ring (bicyclic) bond motifs is 1. The van der Waals surface area contributed by atoms with E-state index in [0.717, 1.165) is 12.0 Å². The molecular weight excluding hydrogens is 300 g/mol. The van der Waals surface area contributed by atoms with Gasteiger partial charge in [-0.3, -0.25) is 4.79 Å². The molecule has 2 aromatic rings. The molecule has 1 aliphatic rings. The van der Waals surface area contributed by atoms with Crippen LogP contribution in [0.15, 0.2) is 28.7 Å². The van der Waals surface area contributed by atoms with Crippen molar-refractivity contribution in [3.05, 3.63) is 58.0 Å². The first-order valence-electron chi connectivity index (χ1n) is 8.54. The zero-order valence-corrected chi connectivity index (χ0v) is 15.1. The van der Waals surface area contributed by atoms with Crippen LogP contribution in [0.1, 0.15) is 85.2 Å². The van der Waals surface area contributed by atoms with E-state index in [4.69, 9.17) is 4.42 Å². The van der Waals surface area contributed by atoms with Gasteiger partial charge in [-0.25, -0.2) is 0 Å². The number of aliphatic hydroxyl groups is 1. The SMILES string of the molecule is Cc1oc(C=O)cc1C(O)c1ccc2c(c1)C(C)(C)CCC2(C)C. The van der Waals surface area contributed by atoms with Crippen LogP contribution in [-0.2, 0) is 10.8 Å². The van der Waals surface area contributed by atoms with Crippen LogP contribution in [0, 0.1) is 6.92 Å². The third kappa shape index (κ3) is 2.71. The Labute approximate surface area is 143 Å². The van der Waals surface area contributed by atoms with Gasteiger partial charge in [-0.2, -0.15) is 0 Å². The first-order chi connectivity index (χ1) is 11.2. The largest absolute Gasteiger partial charge is 0.458 e. The molecule has 0 saturated carbocycles. The van der Waals surface area contributed by atoms with Crippen molar-refractivity contribution in [3.63, 3.8) is 0 Å². The number of hydrogen-bond donors (Lipinski definition) is 1. The molecule has 3 nitrogen and oxygen atoms in total. The van der Waals surface area contributed by atoms with Crippen LogP contribution in [0.2, 0.25) is 0 Å². The van der Waals surface area contributed by atoms with E-state index in [9.17, 15) is 9.90 Å². The molecule has 24 heavy (non-hydrogen) atoms. The maximum Gasteiger partial charge on any atom is 0.185 e. The van der Waals surface area contributed by atoms with E-state index in [1.54, 1.807) is 13.0 Å². The molecule has 0 spiro atoms. The molecule has 1 heterocycles. The van der Waals surface area contributed by atoms with Crippen molar-refractivity contribution in [2.24, 2.45) is 0 Å². The lowest BCUT2D eigenvalue weighted by molar-refractivity contribution is 0.109. The third-order valence-electron chi connectivity index (χ3n) is 5.58. The molecule has 0 aliphatic heterocycles. The molecule has 1 aromatic heterocycles. The normalized spacial score (nSPS) is 19.6. The summed E-state index contributed by atoms with van der Waals surface area (Å²) in [6.07, 6.45) is 2.18. The van der Waals surface area contributed by atoms with Crippen LogP contribution < -0.4 is 0 Å². The van der Waals surface area contributed by atoms with E-state index in [2.05, 4.69) is 39.8 Å². The topological polar surface area (TPSA) is 50.4 Å². The van der Waals surface area contributed by atoms with Crippen LogP contribution in [0.3, 0.4) is 0 Å². The Morgan fingerprint density at radius 1 is 1.08 bits per heavy atom. The van der Waals surface area contributed by atoms with Crippen molar-refractivity contribution in [2.75, 3.05) is 0 Å². The van der Waals surface area contributed by atoms with E-state index in [-0.39, 0.29) is 16.6 Å². The number of benzene rings is 1. The summed E-state index contributed by atoms with van der Waals surface area (Å²) in [7, 11) is 0. The molecule has 1 aliphatic carbocycles. The highest BCUT2D eigenvalue weighted by atomic mass is 16.3. The third-order valence-corrected chi connectivity index (χ3v) is 5.58. The summed E-state index contributed by atoms with van der Waals surface area (Å²) in [5.74, 6) is 0.836. The average molecular weight is 326 g/mol. The van der Waals surface area contributed by atoms with Gasteiger partial charge >= 0.3 is 0 Å². The molecule has 0 amide bonds. The minimum Gasteiger partial charge on any atom is -0.458 e. The van der Waals surface area contributed by atoms with Gasteiger partial charge in [0.2, 0.25) is 0 Å². The quantitative estimate of drug-likeness (QED) is 0.822. The molecule has 0 fully saturated rings. The summed E-state index contributed by atoms with van der Waals surface area (Å²) in [5, 5.41) is 10.8. The summed E-state index contributed by atoms with van der Waals surface area (Å²) in [4.78, 5) is 10.9. The van der Waals surface area contributed by atoms with Gasteiger partial charge in [0.15, 0.2) is 12.0 Å². The molecule has 0 bridgehead atoms. The van der Waals surface area contributed by atoms with E-state index < -0.39 is 6.10 Å². The highest BCUT2D eigenvalue weighted by molar-refractivity contribution is 5.71. The number of hydrogen-bond acceptors (Lipinski definition) is 3. The van der Waals surface area contributed by atoms with Gasteiger partial charge in [0.25, 0.3) is 0 Å². The van der Waals surface area contributed by atoms with Gasteiger partial charge < -0.3 is 9.52 Å². The Bertz CT molecular complexity index is 780. The second-order valence-electron chi connectivity index (χ2n) is 8.25. The molecule has 3 rings (SSSR count). The number of aldehydes is 1. The number of aryl methyl sites for hydroxylation is 1. The predicted octanol–water partition coefficient (Wildman–Crippen LogP) is 4.83. The summed E-state index contributed by atoms with van der Waals surface area (Å²) in [6, 6.07) is 7.92. The first kappa shape index (κ1) is 17.0. The Balaban J connectivity index is 2.07. The Morgan fingerprint density at radius 2 is 1.71 bits per heavy atom. The minimum atomic E-state index is -0.784. The van der Waals surface area contributed by atoms with Gasteiger partial charge in [0.05, 0.1) is 0 Å². The van der Waals surface area contributed by atoms with Crippen molar-refractivity contribution in [2.45, 2.75) is 64.4 Å². The summed E-state index contributed by atoms with van der Waals surface area (Å²) in [5.41, 5.74) is 4.44. The molecule has 1 aromatic carbocycles. The van der Waals surface area contributed by atoms with Crippen LogP contribution in [0.5, 0.6) is 0 Å². The fraction of sp³-hybridized carbons (Fsp3) is 0.476. The van der Waals surface area contributed by atoms with Crippen LogP contribution >= 0.6 is 0 Å². The second kappa shape index (κ2) is 5.59. The van der Waals surface area contributed by atoms with Gasteiger partial charge in [-0.1, -0.05) is 45.9 Å². The molecule has 1 N–H and O–H groups in total. The first-order valence-corrected chi connectivity index (χ1v) is 8.54. The molecule has 0 radical (unpaired) electrons. The van der Waals surface area contributed by atoms with Crippen LogP contribution in [0.25, 0.3) is 0 Å². The smallest absolute Gasteiger partial charge is 0.185 e. The average Bonchev–Trinajstić information content (AvgIpc) is 2.92. The van der Waals surface area contributed by atoms with Gasteiger partial charge in [0.1, 0.15) is 11.9 Å². The Morgan fingerprint density at radius 3 is 2.29 bits per heavy atom. The lowest BCUT2D eigenvalue weighted by Gasteiger charge is -2.42. The molecular formula is C21H26O3. The zero-order valence-electron chi connectivity index (χ0n) is 15.1. The van der Waals surface area contributed by atoms with Crippen molar-refractivity contribution in [1.29, 1.82) is 0 Å². The lowest BCUT2D eigenvalue weighted by Crippen LogP contribution is -2.34. The van der Waals surface area contributed by atoms with Crippen LogP contribution in [0.4, 0.5) is 0 Å². The van der Waals surface area contributed by atoms with Crippen LogP contribution in [-0.4, -0.2) is 11.4 Å². The monoisotopic (exact) mass is 326 g/mol. The predicted molar refractivity (Wildman–Crippen MR) is 94.6 cm³/mol. The maximum atomic E-state index is 10.9. The molecule has 0 saturated heterocycles. The highest BCUT2D eigenvalue weighted by Crippen LogP contribution is 2.46. The van der Waals surface area contributed by atoms with Gasteiger partial charge in [0, 0.05) is 5.56 Å². The number of rotatable bonds is 3. The van der Waals surface area contributed by atoms with E-state index >= 15 is 0 Å². The van der Waals surface area contributed by atoms with Gasteiger partial charge in [-0.15, -0.1) is 0 Å². The zero-order chi connectivity index (χ0) is 17.7. The number of aliphatic hydroxyl groups excluding tert-OH is 1. The summed E-state index contributed by atoms with van der Waals surface area (Å²) < 4.78 is 5.37. The molecule has 1 unspecified atom stereocenters. The Kier molecular flexibility index (Phi) is 3.95. The summed E-state index contributed by atoms with van der Waals surface area (Å²) >= 11 is 0. The van der Waals surface area contributed by atoms with E-state index in [1.807, 2.05) is 6.07 Å².